The Hall–Kier alpha value is -0.650. The van der Waals surface area contributed by atoms with Crippen molar-refractivity contribution in [2.24, 2.45) is 5.73 Å². The number of nitrogens with one attached hydrogen (secondary N) is 1. The number of carbonyl (C=O) groups excluding carboxylic acids is 1. The molecule has 0 aromatic rings. The normalized spacial score (nSPS) is 23.2. The van der Waals surface area contributed by atoms with Crippen molar-refractivity contribution >= 4 is 5.91 Å². The van der Waals surface area contributed by atoms with Crippen molar-refractivity contribution in [1.82, 2.24) is 15.1 Å². The summed E-state index contributed by atoms with van der Waals surface area (Å²) in [7, 11) is 4.18. The summed E-state index contributed by atoms with van der Waals surface area (Å²) < 4.78 is 0. The monoisotopic (exact) mass is 242 g/mol. The molecule has 0 aliphatic carbocycles. The molecular weight excluding hydrogens is 216 g/mol. The van der Waals surface area contributed by atoms with Crippen molar-refractivity contribution in [3.63, 3.8) is 0 Å². The summed E-state index contributed by atoms with van der Waals surface area (Å²) in [5, 5.41) is 3.15. The molecule has 0 saturated carbocycles. The van der Waals surface area contributed by atoms with Crippen molar-refractivity contribution in [2.45, 2.75) is 31.8 Å². The number of amides is 1. The number of hydrogen-bond acceptors (Lipinski definition) is 4. The van der Waals surface area contributed by atoms with Gasteiger partial charge in [-0.3, -0.25) is 9.69 Å². The van der Waals surface area contributed by atoms with E-state index in [4.69, 9.17) is 5.73 Å². The Morgan fingerprint density at radius 2 is 2.29 bits per heavy atom. The summed E-state index contributed by atoms with van der Waals surface area (Å²) in [6, 6.07) is 0.341. The van der Waals surface area contributed by atoms with Crippen molar-refractivity contribution < 1.29 is 4.79 Å². The molecular formula is C12H26N4O. The molecule has 0 radical (unpaired) electrons. The average Bonchev–Trinajstić information content (AvgIpc) is 2.64. The Morgan fingerprint density at radius 1 is 1.59 bits per heavy atom. The predicted molar refractivity (Wildman–Crippen MR) is 69.8 cm³/mol. The highest BCUT2D eigenvalue weighted by Crippen LogP contribution is 2.17. The van der Waals surface area contributed by atoms with E-state index in [1.807, 2.05) is 6.92 Å². The number of hydrogen-bond donors (Lipinski definition) is 2. The standard InChI is InChI=1S/C12H26N4O/c1-4-14-11(12(13)17)9-16-7-5-6-10(16)8-15(2)3/h10-11,14H,4-9H2,1-3H3,(H2,13,17). The zero-order chi connectivity index (χ0) is 12.8. The number of likely N-dealkylation sites (tertiary alicyclic amines) is 1. The maximum atomic E-state index is 11.3. The highest BCUT2D eigenvalue weighted by Gasteiger charge is 2.28. The van der Waals surface area contributed by atoms with Crippen LogP contribution >= 0.6 is 0 Å². The zero-order valence-electron chi connectivity index (χ0n) is 11.3. The Kier molecular flexibility index (Phi) is 5.88. The van der Waals surface area contributed by atoms with E-state index in [2.05, 4.69) is 29.2 Å². The summed E-state index contributed by atoms with van der Waals surface area (Å²) >= 11 is 0. The molecule has 3 N–H and O–H groups in total. The van der Waals surface area contributed by atoms with E-state index in [0.717, 1.165) is 26.2 Å². The number of likely N-dealkylation sites (N-methyl/N-ethyl adjacent to an activating group) is 2. The summed E-state index contributed by atoms with van der Waals surface area (Å²) in [5.74, 6) is -0.248. The van der Waals surface area contributed by atoms with E-state index in [1.54, 1.807) is 0 Å². The largest absolute Gasteiger partial charge is 0.368 e. The maximum Gasteiger partial charge on any atom is 0.235 e. The molecule has 1 amide bonds. The quantitative estimate of drug-likeness (QED) is 0.630. The van der Waals surface area contributed by atoms with Gasteiger partial charge >= 0.3 is 0 Å². The highest BCUT2D eigenvalue weighted by molar-refractivity contribution is 5.80. The smallest absolute Gasteiger partial charge is 0.235 e. The maximum absolute atomic E-state index is 11.3. The highest BCUT2D eigenvalue weighted by atomic mass is 16.1. The second-order valence-corrected chi connectivity index (χ2v) is 5.07. The van der Waals surface area contributed by atoms with Gasteiger partial charge in [0, 0.05) is 19.1 Å². The third-order valence-corrected chi connectivity index (χ3v) is 3.29. The molecule has 17 heavy (non-hydrogen) atoms. The number of nitrogens with two attached hydrogens (primary N) is 1. The summed E-state index contributed by atoms with van der Waals surface area (Å²) in [5.41, 5.74) is 5.41. The molecule has 2 atom stereocenters. The van der Waals surface area contributed by atoms with Crippen molar-refractivity contribution in [2.75, 3.05) is 40.3 Å². The van der Waals surface area contributed by atoms with E-state index in [0.29, 0.717) is 6.04 Å². The molecule has 0 spiro atoms. The van der Waals surface area contributed by atoms with Crippen LogP contribution in [0.2, 0.25) is 0 Å². The van der Waals surface area contributed by atoms with Crippen LogP contribution in [-0.4, -0.2) is 68.1 Å². The first-order chi connectivity index (χ1) is 8.04. The second-order valence-electron chi connectivity index (χ2n) is 5.07. The fraction of sp³-hybridized carbons (Fsp3) is 0.917. The average molecular weight is 242 g/mol. The van der Waals surface area contributed by atoms with Gasteiger partial charge in [-0.1, -0.05) is 6.92 Å². The topological polar surface area (TPSA) is 61.6 Å². The molecule has 0 bridgehead atoms. The second kappa shape index (κ2) is 6.93. The van der Waals surface area contributed by atoms with Crippen LogP contribution in [0.4, 0.5) is 0 Å². The van der Waals surface area contributed by atoms with Gasteiger partial charge in [-0.15, -0.1) is 0 Å². The van der Waals surface area contributed by atoms with Crippen LogP contribution in [0, 0.1) is 0 Å². The number of rotatable bonds is 7. The Balaban J connectivity index is 2.49. The number of primary amides is 1. The van der Waals surface area contributed by atoms with Crippen LogP contribution < -0.4 is 11.1 Å². The third kappa shape index (κ3) is 4.61. The van der Waals surface area contributed by atoms with Crippen LogP contribution in [0.3, 0.4) is 0 Å². The minimum atomic E-state index is -0.248. The molecule has 0 aromatic carbocycles. The third-order valence-electron chi connectivity index (χ3n) is 3.29. The van der Waals surface area contributed by atoms with Crippen LogP contribution in [-0.2, 0) is 4.79 Å². The first kappa shape index (κ1) is 14.4. The molecule has 1 aliphatic rings. The summed E-state index contributed by atoms with van der Waals surface area (Å²) in [4.78, 5) is 15.9. The first-order valence-electron chi connectivity index (χ1n) is 6.46. The lowest BCUT2D eigenvalue weighted by Crippen LogP contribution is -2.51. The molecule has 0 aromatic heterocycles. The van der Waals surface area contributed by atoms with Gasteiger partial charge in [-0.25, -0.2) is 0 Å². The number of carbonyl (C=O) groups is 1. The van der Waals surface area contributed by atoms with Gasteiger partial charge in [-0.05, 0) is 40.0 Å². The molecule has 1 aliphatic heterocycles. The van der Waals surface area contributed by atoms with Crippen LogP contribution in [0.1, 0.15) is 19.8 Å². The lowest BCUT2D eigenvalue weighted by Gasteiger charge is -2.29. The minimum absolute atomic E-state index is 0.220. The van der Waals surface area contributed by atoms with E-state index in [-0.39, 0.29) is 11.9 Å². The van der Waals surface area contributed by atoms with Gasteiger partial charge in [0.25, 0.3) is 0 Å². The van der Waals surface area contributed by atoms with Crippen LogP contribution in [0.5, 0.6) is 0 Å². The van der Waals surface area contributed by atoms with Crippen LogP contribution in [0.25, 0.3) is 0 Å². The van der Waals surface area contributed by atoms with Gasteiger partial charge in [0.05, 0.1) is 6.04 Å². The molecule has 1 fully saturated rings. The van der Waals surface area contributed by atoms with Crippen molar-refractivity contribution in [3.8, 4) is 0 Å². The lowest BCUT2D eigenvalue weighted by atomic mass is 10.2. The van der Waals surface area contributed by atoms with Crippen LogP contribution in [0.15, 0.2) is 0 Å². The van der Waals surface area contributed by atoms with Gasteiger partial charge in [0.1, 0.15) is 0 Å². The molecule has 1 rings (SSSR count). The molecule has 1 saturated heterocycles. The first-order valence-corrected chi connectivity index (χ1v) is 6.46. The lowest BCUT2D eigenvalue weighted by molar-refractivity contribution is -0.120. The van der Waals surface area contributed by atoms with Gasteiger partial charge < -0.3 is 16.0 Å². The summed E-state index contributed by atoms with van der Waals surface area (Å²) in [6.45, 7) is 5.64. The molecule has 100 valence electrons. The summed E-state index contributed by atoms with van der Waals surface area (Å²) in [6.07, 6.45) is 2.44. The number of nitrogens with zero attached hydrogens (tertiary/aromatic N) is 2. The Labute approximate surface area is 104 Å². The zero-order valence-corrected chi connectivity index (χ0v) is 11.3. The van der Waals surface area contributed by atoms with Crippen molar-refractivity contribution in [3.05, 3.63) is 0 Å². The van der Waals surface area contributed by atoms with Gasteiger partial charge in [0.2, 0.25) is 5.91 Å². The molecule has 2 unspecified atom stereocenters. The van der Waals surface area contributed by atoms with E-state index < -0.39 is 0 Å². The van der Waals surface area contributed by atoms with E-state index in [1.165, 1.54) is 12.8 Å². The Bertz CT molecular complexity index is 245. The fourth-order valence-corrected chi connectivity index (χ4v) is 2.50. The fourth-order valence-electron chi connectivity index (χ4n) is 2.50. The molecule has 5 heteroatoms. The Morgan fingerprint density at radius 3 is 2.82 bits per heavy atom. The van der Waals surface area contributed by atoms with Gasteiger partial charge in [0.15, 0.2) is 0 Å². The minimum Gasteiger partial charge on any atom is -0.368 e. The SMILES string of the molecule is CCNC(CN1CCCC1CN(C)C)C(N)=O. The molecule has 5 nitrogen and oxygen atoms in total. The van der Waals surface area contributed by atoms with Crippen molar-refractivity contribution in [1.29, 1.82) is 0 Å². The van der Waals surface area contributed by atoms with Gasteiger partial charge in [-0.2, -0.15) is 0 Å². The molecule has 1 heterocycles. The van der Waals surface area contributed by atoms with E-state index >= 15 is 0 Å². The predicted octanol–water partition coefficient (Wildman–Crippen LogP) is -0.524. The van der Waals surface area contributed by atoms with E-state index in [9.17, 15) is 4.79 Å².